The van der Waals surface area contributed by atoms with Crippen LogP contribution in [0.5, 0.6) is 17.4 Å². The molecule has 2 aromatic rings. The third-order valence-corrected chi connectivity index (χ3v) is 3.91. The molecule has 7 heteroatoms. The van der Waals surface area contributed by atoms with Gasteiger partial charge in [0.05, 0.1) is 27.4 Å². The highest BCUT2D eigenvalue weighted by atomic mass is 16.5. The molecule has 0 N–H and O–H groups in total. The standard InChI is InChI=1S/C16H18N2O5/c1-20-12-6-10-4-5-18(9-11(10)7-13(12)21-2)16(19)14-8-15(22-3)17-23-14/h6-8H,4-5,9H2,1-3H3. The maximum atomic E-state index is 12.5. The summed E-state index contributed by atoms with van der Waals surface area (Å²) in [6.07, 6.45) is 0.743. The molecule has 3 rings (SSSR count). The molecule has 0 spiro atoms. The van der Waals surface area contributed by atoms with Crippen molar-refractivity contribution in [2.75, 3.05) is 27.9 Å². The van der Waals surface area contributed by atoms with Gasteiger partial charge in [-0.3, -0.25) is 4.79 Å². The van der Waals surface area contributed by atoms with Crippen LogP contribution in [0.2, 0.25) is 0 Å². The predicted molar refractivity (Wildman–Crippen MR) is 81.0 cm³/mol. The number of nitrogens with zero attached hydrogens (tertiary/aromatic N) is 2. The molecule has 1 aromatic heterocycles. The summed E-state index contributed by atoms with van der Waals surface area (Å²) >= 11 is 0. The molecule has 0 saturated carbocycles. The highest BCUT2D eigenvalue weighted by Gasteiger charge is 2.26. The van der Waals surface area contributed by atoms with Gasteiger partial charge in [0.1, 0.15) is 0 Å². The van der Waals surface area contributed by atoms with Gasteiger partial charge in [0.2, 0.25) is 5.76 Å². The monoisotopic (exact) mass is 318 g/mol. The van der Waals surface area contributed by atoms with Crippen LogP contribution in [0.15, 0.2) is 22.7 Å². The lowest BCUT2D eigenvalue weighted by Gasteiger charge is -2.28. The van der Waals surface area contributed by atoms with E-state index in [1.807, 2.05) is 12.1 Å². The van der Waals surface area contributed by atoms with Crippen LogP contribution in [0, 0.1) is 0 Å². The number of methoxy groups -OCH3 is 3. The number of aromatic nitrogens is 1. The highest BCUT2D eigenvalue weighted by Crippen LogP contribution is 2.33. The van der Waals surface area contributed by atoms with Crippen molar-refractivity contribution in [3.05, 3.63) is 35.1 Å². The van der Waals surface area contributed by atoms with Crippen molar-refractivity contribution in [2.45, 2.75) is 13.0 Å². The van der Waals surface area contributed by atoms with Crippen LogP contribution in [0.4, 0.5) is 0 Å². The second-order valence-corrected chi connectivity index (χ2v) is 5.19. The van der Waals surface area contributed by atoms with Crippen molar-refractivity contribution in [3.8, 4) is 17.4 Å². The van der Waals surface area contributed by atoms with Gasteiger partial charge in [-0.1, -0.05) is 0 Å². The maximum absolute atomic E-state index is 12.5. The van der Waals surface area contributed by atoms with Crippen molar-refractivity contribution < 1.29 is 23.5 Å². The van der Waals surface area contributed by atoms with E-state index in [9.17, 15) is 4.79 Å². The maximum Gasteiger partial charge on any atom is 0.292 e. The smallest absolute Gasteiger partial charge is 0.292 e. The first kappa shape index (κ1) is 15.2. The summed E-state index contributed by atoms with van der Waals surface area (Å²) < 4.78 is 20.6. The quantitative estimate of drug-likeness (QED) is 0.857. The van der Waals surface area contributed by atoms with Gasteiger partial charge in [-0.15, -0.1) is 0 Å². The lowest BCUT2D eigenvalue weighted by Crippen LogP contribution is -2.35. The Morgan fingerprint density at radius 3 is 2.39 bits per heavy atom. The van der Waals surface area contributed by atoms with Crippen molar-refractivity contribution in [3.63, 3.8) is 0 Å². The number of hydrogen-bond acceptors (Lipinski definition) is 6. The van der Waals surface area contributed by atoms with Crippen molar-refractivity contribution in [1.82, 2.24) is 10.1 Å². The van der Waals surface area contributed by atoms with E-state index in [2.05, 4.69) is 5.16 Å². The fourth-order valence-corrected chi connectivity index (χ4v) is 2.67. The molecule has 0 saturated heterocycles. The molecule has 1 amide bonds. The summed E-state index contributed by atoms with van der Waals surface area (Å²) in [4.78, 5) is 14.2. The van der Waals surface area contributed by atoms with Gasteiger partial charge >= 0.3 is 0 Å². The summed E-state index contributed by atoms with van der Waals surface area (Å²) in [5, 5.41) is 3.66. The van der Waals surface area contributed by atoms with Crippen molar-refractivity contribution in [1.29, 1.82) is 0 Å². The zero-order chi connectivity index (χ0) is 16.4. The molecule has 0 radical (unpaired) electrons. The molecule has 0 fully saturated rings. The van der Waals surface area contributed by atoms with Crippen LogP contribution in [0.3, 0.4) is 0 Å². The van der Waals surface area contributed by atoms with E-state index in [1.165, 1.54) is 13.2 Å². The molecule has 0 unspecified atom stereocenters. The summed E-state index contributed by atoms with van der Waals surface area (Å²) in [6, 6.07) is 5.37. The number of fused-ring (bicyclic) bond motifs is 1. The second-order valence-electron chi connectivity index (χ2n) is 5.19. The van der Waals surface area contributed by atoms with Gasteiger partial charge in [-0.05, 0) is 34.8 Å². The molecule has 0 aliphatic carbocycles. The molecule has 23 heavy (non-hydrogen) atoms. The Bertz CT molecular complexity index is 725. The first-order valence-corrected chi connectivity index (χ1v) is 7.20. The van der Waals surface area contributed by atoms with E-state index in [0.29, 0.717) is 24.6 Å². The minimum atomic E-state index is -0.207. The Kier molecular flexibility index (Phi) is 4.10. The van der Waals surface area contributed by atoms with Crippen molar-refractivity contribution >= 4 is 5.91 Å². The van der Waals surface area contributed by atoms with Crippen LogP contribution in [0.25, 0.3) is 0 Å². The molecule has 122 valence electrons. The lowest BCUT2D eigenvalue weighted by atomic mass is 9.98. The molecule has 1 aromatic carbocycles. The molecule has 1 aliphatic rings. The second kappa shape index (κ2) is 6.20. The summed E-state index contributed by atoms with van der Waals surface area (Å²) in [7, 11) is 4.68. The predicted octanol–water partition coefficient (Wildman–Crippen LogP) is 1.90. The van der Waals surface area contributed by atoms with Crippen molar-refractivity contribution in [2.24, 2.45) is 0 Å². The molecular weight excluding hydrogens is 300 g/mol. The Balaban J connectivity index is 1.83. The van der Waals surface area contributed by atoms with E-state index >= 15 is 0 Å². The molecule has 1 aliphatic heterocycles. The number of benzene rings is 1. The summed E-state index contributed by atoms with van der Waals surface area (Å²) in [5.41, 5.74) is 2.19. The number of rotatable bonds is 4. The number of hydrogen-bond donors (Lipinski definition) is 0. The molecular formula is C16H18N2O5. The van der Waals surface area contributed by atoms with E-state index in [0.717, 1.165) is 17.5 Å². The number of carbonyl (C=O) groups is 1. The first-order valence-electron chi connectivity index (χ1n) is 7.20. The third-order valence-electron chi connectivity index (χ3n) is 3.91. The van der Waals surface area contributed by atoms with Gasteiger partial charge in [0.25, 0.3) is 11.8 Å². The van der Waals surface area contributed by atoms with Gasteiger partial charge < -0.3 is 23.6 Å². The lowest BCUT2D eigenvalue weighted by molar-refractivity contribution is 0.0692. The van der Waals surface area contributed by atoms with Crippen LogP contribution in [0.1, 0.15) is 21.7 Å². The first-order chi connectivity index (χ1) is 11.2. The van der Waals surface area contributed by atoms with Gasteiger partial charge in [0, 0.05) is 13.1 Å². The minimum Gasteiger partial charge on any atom is -0.493 e. The minimum absolute atomic E-state index is 0.172. The highest BCUT2D eigenvalue weighted by molar-refractivity contribution is 5.91. The van der Waals surface area contributed by atoms with Gasteiger partial charge in [0.15, 0.2) is 11.5 Å². The average Bonchev–Trinajstić information content (AvgIpc) is 3.08. The Hall–Kier alpha value is -2.70. The SMILES string of the molecule is COc1cc(C(=O)N2CCc3cc(OC)c(OC)cc3C2)on1. The Morgan fingerprint density at radius 1 is 1.09 bits per heavy atom. The Morgan fingerprint density at radius 2 is 1.78 bits per heavy atom. The summed E-state index contributed by atoms with van der Waals surface area (Å²) in [5.74, 6) is 1.61. The normalized spacial score (nSPS) is 13.4. The molecule has 2 heterocycles. The fourth-order valence-electron chi connectivity index (χ4n) is 2.67. The van der Waals surface area contributed by atoms with E-state index in [-0.39, 0.29) is 17.5 Å². The molecule has 0 bridgehead atoms. The zero-order valence-corrected chi connectivity index (χ0v) is 13.3. The number of ether oxygens (including phenoxy) is 3. The van der Waals surface area contributed by atoms with E-state index in [1.54, 1.807) is 19.1 Å². The largest absolute Gasteiger partial charge is 0.493 e. The number of carbonyl (C=O) groups excluding carboxylic acids is 1. The topological polar surface area (TPSA) is 74.0 Å². The zero-order valence-electron chi connectivity index (χ0n) is 13.3. The average molecular weight is 318 g/mol. The molecule has 7 nitrogen and oxygen atoms in total. The molecule has 0 atom stereocenters. The summed E-state index contributed by atoms with van der Waals surface area (Å²) in [6.45, 7) is 1.09. The van der Waals surface area contributed by atoms with E-state index in [4.69, 9.17) is 18.7 Å². The number of amides is 1. The van der Waals surface area contributed by atoms with Gasteiger partial charge in [-0.25, -0.2) is 0 Å². The fraction of sp³-hybridized carbons (Fsp3) is 0.375. The van der Waals surface area contributed by atoms with Crippen LogP contribution in [-0.2, 0) is 13.0 Å². The Labute approximate surface area is 133 Å². The van der Waals surface area contributed by atoms with Crippen LogP contribution < -0.4 is 14.2 Å². The van der Waals surface area contributed by atoms with Crippen LogP contribution in [-0.4, -0.2) is 43.8 Å². The third kappa shape index (κ3) is 2.81. The van der Waals surface area contributed by atoms with Crippen LogP contribution >= 0.6 is 0 Å². The van der Waals surface area contributed by atoms with Gasteiger partial charge in [-0.2, -0.15) is 0 Å². The van der Waals surface area contributed by atoms with E-state index < -0.39 is 0 Å².